The molecule has 0 radical (unpaired) electrons. The lowest BCUT2D eigenvalue weighted by molar-refractivity contribution is -0.141. The highest BCUT2D eigenvalue weighted by atomic mass is 16.5. The molecule has 1 atom stereocenters. The van der Waals surface area contributed by atoms with Crippen LogP contribution in [-0.4, -0.2) is 45.9 Å². The molecule has 1 aliphatic heterocycles. The Morgan fingerprint density at radius 2 is 1.73 bits per heavy atom. The summed E-state index contributed by atoms with van der Waals surface area (Å²) in [7, 11) is 0. The number of aromatic nitrogens is 2. The van der Waals surface area contributed by atoms with Crippen molar-refractivity contribution in [2.45, 2.75) is 46.6 Å². The summed E-state index contributed by atoms with van der Waals surface area (Å²) in [6, 6.07) is 5.08. The molecule has 0 bridgehead atoms. The molecular formula is C20H25N3O3. The molecule has 0 spiro atoms. The number of rotatable bonds is 3. The van der Waals surface area contributed by atoms with E-state index in [0.29, 0.717) is 17.0 Å². The molecule has 0 saturated carbocycles. The Kier molecular flexibility index (Phi) is 5.20. The maximum atomic E-state index is 12.5. The van der Waals surface area contributed by atoms with Gasteiger partial charge in [0.05, 0.1) is 28.0 Å². The fraction of sp³-hybridized carbons (Fsp3) is 0.500. The van der Waals surface area contributed by atoms with Gasteiger partial charge in [0.25, 0.3) is 5.91 Å². The van der Waals surface area contributed by atoms with Crippen LogP contribution in [0.1, 0.15) is 48.4 Å². The number of carbonyl (C=O) groups is 2. The Morgan fingerprint density at radius 3 is 2.38 bits per heavy atom. The normalized spacial score (nSPS) is 16.5. The van der Waals surface area contributed by atoms with Gasteiger partial charge < -0.3 is 9.64 Å². The molecule has 1 amide bonds. The Morgan fingerprint density at radius 1 is 1.12 bits per heavy atom. The maximum Gasteiger partial charge on any atom is 0.338 e. The second-order valence-electron chi connectivity index (χ2n) is 7.15. The summed E-state index contributed by atoms with van der Waals surface area (Å²) in [4.78, 5) is 35.7. The van der Waals surface area contributed by atoms with Crippen molar-refractivity contribution in [1.29, 1.82) is 0 Å². The number of esters is 1. The number of likely N-dealkylation sites (tertiary alicyclic amines) is 1. The molecule has 1 aromatic carbocycles. The van der Waals surface area contributed by atoms with Gasteiger partial charge in [0.2, 0.25) is 0 Å². The SMILES string of the molecule is Cc1nc2ccc(C(=O)OC(C)C(=O)N3CCC(C)CC3)cc2nc1C. The average molecular weight is 355 g/mol. The third-order valence-electron chi connectivity index (χ3n) is 5.04. The molecule has 6 nitrogen and oxygen atoms in total. The topological polar surface area (TPSA) is 72.4 Å². The third-order valence-corrected chi connectivity index (χ3v) is 5.04. The predicted molar refractivity (Wildman–Crippen MR) is 98.9 cm³/mol. The number of nitrogens with zero attached hydrogens (tertiary/aromatic N) is 3. The molecule has 2 aromatic rings. The van der Waals surface area contributed by atoms with Crippen molar-refractivity contribution in [2.24, 2.45) is 5.92 Å². The van der Waals surface area contributed by atoms with Crippen LogP contribution in [0.2, 0.25) is 0 Å². The molecule has 1 aliphatic rings. The molecule has 0 N–H and O–H groups in total. The van der Waals surface area contributed by atoms with Gasteiger partial charge in [-0.1, -0.05) is 6.92 Å². The van der Waals surface area contributed by atoms with E-state index >= 15 is 0 Å². The van der Waals surface area contributed by atoms with Gasteiger partial charge >= 0.3 is 5.97 Å². The quantitative estimate of drug-likeness (QED) is 0.791. The van der Waals surface area contributed by atoms with E-state index in [-0.39, 0.29) is 5.91 Å². The van der Waals surface area contributed by atoms with Crippen LogP contribution in [0.5, 0.6) is 0 Å². The summed E-state index contributed by atoms with van der Waals surface area (Å²) in [5.41, 5.74) is 3.44. The molecule has 3 rings (SSSR count). The van der Waals surface area contributed by atoms with Crippen LogP contribution >= 0.6 is 0 Å². The molecule has 1 aromatic heterocycles. The number of piperidine rings is 1. The van der Waals surface area contributed by atoms with E-state index in [9.17, 15) is 9.59 Å². The van der Waals surface area contributed by atoms with Gasteiger partial charge in [-0.15, -0.1) is 0 Å². The van der Waals surface area contributed by atoms with Gasteiger partial charge in [-0.25, -0.2) is 14.8 Å². The van der Waals surface area contributed by atoms with Crippen LogP contribution in [-0.2, 0) is 9.53 Å². The van der Waals surface area contributed by atoms with Gasteiger partial charge in [-0.2, -0.15) is 0 Å². The minimum atomic E-state index is -0.794. The summed E-state index contributed by atoms with van der Waals surface area (Å²) in [6.45, 7) is 9.06. The summed E-state index contributed by atoms with van der Waals surface area (Å²) in [5, 5.41) is 0. The van der Waals surface area contributed by atoms with Crippen molar-refractivity contribution in [3.63, 3.8) is 0 Å². The van der Waals surface area contributed by atoms with Crippen molar-refractivity contribution in [3.05, 3.63) is 35.2 Å². The zero-order valence-corrected chi connectivity index (χ0v) is 15.8. The van der Waals surface area contributed by atoms with E-state index in [1.165, 1.54) is 0 Å². The summed E-state index contributed by atoms with van der Waals surface area (Å²) >= 11 is 0. The minimum Gasteiger partial charge on any atom is -0.449 e. The van der Waals surface area contributed by atoms with Crippen molar-refractivity contribution in [3.8, 4) is 0 Å². The van der Waals surface area contributed by atoms with Crippen molar-refractivity contribution < 1.29 is 14.3 Å². The number of aryl methyl sites for hydroxylation is 2. The number of carbonyl (C=O) groups excluding carboxylic acids is 2. The molecule has 6 heteroatoms. The number of hydrogen-bond acceptors (Lipinski definition) is 5. The van der Waals surface area contributed by atoms with Crippen LogP contribution in [0.4, 0.5) is 0 Å². The fourth-order valence-corrected chi connectivity index (χ4v) is 3.12. The highest BCUT2D eigenvalue weighted by Gasteiger charge is 2.27. The van der Waals surface area contributed by atoms with Crippen molar-refractivity contribution in [2.75, 3.05) is 13.1 Å². The number of hydrogen-bond donors (Lipinski definition) is 0. The second-order valence-corrected chi connectivity index (χ2v) is 7.15. The van der Waals surface area contributed by atoms with Gasteiger partial charge in [-0.05, 0) is 57.7 Å². The predicted octanol–water partition coefficient (Wildman–Crippen LogP) is 3.05. The molecule has 2 heterocycles. The minimum absolute atomic E-state index is 0.127. The van der Waals surface area contributed by atoms with Gasteiger partial charge in [0.15, 0.2) is 6.10 Å². The Hall–Kier alpha value is -2.50. The maximum absolute atomic E-state index is 12.5. The van der Waals surface area contributed by atoms with E-state index in [1.54, 1.807) is 30.0 Å². The lowest BCUT2D eigenvalue weighted by Crippen LogP contribution is -2.44. The lowest BCUT2D eigenvalue weighted by Gasteiger charge is -2.31. The number of amides is 1. The smallest absolute Gasteiger partial charge is 0.338 e. The third kappa shape index (κ3) is 3.84. The first-order chi connectivity index (χ1) is 12.3. The zero-order valence-electron chi connectivity index (χ0n) is 15.8. The van der Waals surface area contributed by atoms with E-state index in [1.807, 2.05) is 13.8 Å². The van der Waals surface area contributed by atoms with E-state index in [0.717, 1.165) is 42.8 Å². The Bertz CT molecular complexity index is 842. The van der Waals surface area contributed by atoms with Gasteiger partial charge in [-0.3, -0.25) is 4.79 Å². The first kappa shape index (κ1) is 18.3. The largest absolute Gasteiger partial charge is 0.449 e. The lowest BCUT2D eigenvalue weighted by atomic mass is 9.99. The first-order valence-corrected chi connectivity index (χ1v) is 9.10. The number of fused-ring (bicyclic) bond motifs is 1. The average Bonchev–Trinajstić information content (AvgIpc) is 2.62. The molecule has 1 saturated heterocycles. The molecule has 26 heavy (non-hydrogen) atoms. The number of ether oxygens (including phenoxy) is 1. The van der Waals surface area contributed by atoms with Crippen LogP contribution in [0.15, 0.2) is 18.2 Å². The fourth-order valence-electron chi connectivity index (χ4n) is 3.12. The van der Waals surface area contributed by atoms with Gasteiger partial charge in [0, 0.05) is 13.1 Å². The van der Waals surface area contributed by atoms with Crippen LogP contribution < -0.4 is 0 Å². The first-order valence-electron chi connectivity index (χ1n) is 9.10. The zero-order chi connectivity index (χ0) is 18.8. The van der Waals surface area contributed by atoms with E-state index in [4.69, 9.17) is 4.74 Å². The molecule has 0 aliphatic carbocycles. The summed E-state index contributed by atoms with van der Waals surface area (Å²) < 4.78 is 5.40. The monoisotopic (exact) mass is 355 g/mol. The number of benzene rings is 1. The van der Waals surface area contributed by atoms with E-state index in [2.05, 4.69) is 16.9 Å². The molecule has 138 valence electrons. The second kappa shape index (κ2) is 7.40. The standard InChI is InChI=1S/C20H25N3O3/c1-12-7-9-23(10-8-12)19(24)15(4)26-20(25)16-5-6-17-18(11-16)22-14(3)13(2)21-17/h5-6,11-12,15H,7-10H2,1-4H3. The summed E-state index contributed by atoms with van der Waals surface area (Å²) in [6.07, 6.45) is 1.20. The Balaban J connectivity index is 1.70. The van der Waals surface area contributed by atoms with Crippen LogP contribution in [0, 0.1) is 19.8 Å². The highest BCUT2D eigenvalue weighted by molar-refractivity contribution is 5.95. The molecule has 1 fully saturated rings. The molecular weight excluding hydrogens is 330 g/mol. The highest BCUT2D eigenvalue weighted by Crippen LogP contribution is 2.19. The van der Waals surface area contributed by atoms with Crippen LogP contribution in [0.3, 0.4) is 0 Å². The Labute approximate surface area is 153 Å². The van der Waals surface area contributed by atoms with E-state index < -0.39 is 12.1 Å². The van der Waals surface area contributed by atoms with Gasteiger partial charge in [0.1, 0.15) is 0 Å². The van der Waals surface area contributed by atoms with Crippen molar-refractivity contribution >= 4 is 22.9 Å². The van der Waals surface area contributed by atoms with Crippen molar-refractivity contribution in [1.82, 2.24) is 14.9 Å². The summed E-state index contributed by atoms with van der Waals surface area (Å²) in [5.74, 6) is -0.00170. The van der Waals surface area contributed by atoms with Crippen LogP contribution in [0.25, 0.3) is 11.0 Å². The molecule has 1 unspecified atom stereocenters.